The number of nitrogens with one attached hydrogen (secondary N) is 1. The maximum Gasteiger partial charge on any atom is 0.407 e. The topological polar surface area (TPSA) is 47.6 Å². The van der Waals surface area contributed by atoms with Crippen LogP contribution >= 0.6 is 22.6 Å². The maximum atomic E-state index is 11.9. The van der Waals surface area contributed by atoms with Crippen LogP contribution in [-0.2, 0) is 9.47 Å². The molecule has 1 saturated carbocycles. The molecule has 0 radical (unpaired) electrons. The Balaban J connectivity index is 2.58. The molecule has 1 rings (SSSR count). The second-order valence-electron chi connectivity index (χ2n) is 9.09. The molecule has 4 nitrogen and oxygen atoms in total. The molecule has 0 bridgehead atoms. The summed E-state index contributed by atoms with van der Waals surface area (Å²) >= 11 is 2.33. The molecule has 0 aromatic carbocycles. The van der Waals surface area contributed by atoms with E-state index < -0.39 is 5.60 Å². The van der Waals surface area contributed by atoms with E-state index in [1.807, 2.05) is 20.8 Å². The average molecular weight is 439 g/mol. The van der Waals surface area contributed by atoms with Crippen molar-refractivity contribution in [3.05, 3.63) is 0 Å². The fourth-order valence-electron chi connectivity index (χ4n) is 3.44. The Morgan fingerprint density at radius 3 is 2.35 bits per heavy atom. The van der Waals surface area contributed by atoms with Gasteiger partial charge >= 0.3 is 6.09 Å². The van der Waals surface area contributed by atoms with Crippen LogP contribution in [0.25, 0.3) is 0 Å². The van der Waals surface area contributed by atoms with E-state index in [1.165, 1.54) is 6.42 Å². The summed E-state index contributed by atoms with van der Waals surface area (Å²) < 4.78 is 12.6. The van der Waals surface area contributed by atoms with Crippen molar-refractivity contribution in [2.45, 2.75) is 85.0 Å². The van der Waals surface area contributed by atoms with Crippen molar-refractivity contribution >= 4 is 28.7 Å². The number of rotatable bonds is 5. The highest BCUT2D eigenvalue weighted by Gasteiger charge is 2.37. The van der Waals surface area contributed by atoms with E-state index in [0.29, 0.717) is 17.9 Å². The summed E-state index contributed by atoms with van der Waals surface area (Å²) in [4.78, 5) is 11.9. The summed E-state index contributed by atoms with van der Waals surface area (Å²) in [6.45, 7) is 15.1. The Labute approximate surface area is 155 Å². The number of carbonyl (C=O) groups is 1. The van der Waals surface area contributed by atoms with Gasteiger partial charge < -0.3 is 14.8 Å². The van der Waals surface area contributed by atoms with Gasteiger partial charge in [-0.15, -0.1) is 0 Å². The summed E-state index contributed by atoms with van der Waals surface area (Å²) in [6.07, 6.45) is 3.31. The number of alkyl carbamates (subject to hydrolysis) is 1. The fraction of sp³-hybridized carbons (Fsp3) is 0.944. The molecule has 0 aliphatic heterocycles. The molecule has 5 heteroatoms. The molecule has 1 fully saturated rings. The van der Waals surface area contributed by atoms with Gasteiger partial charge in [0.2, 0.25) is 0 Å². The van der Waals surface area contributed by atoms with Gasteiger partial charge in [0.05, 0.1) is 18.2 Å². The second-order valence-corrected chi connectivity index (χ2v) is 9.85. The molecule has 1 aliphatic carbocycles. The molecule has 23 heavy (non-hydrogen) atoms. The molecule has 136 valence electrons. The minimum atomic E-state index is -0.478. The van der Waals surface area contributed by atoms with E-state index in [4.69, 9.17) is 9.47 Å². The Morgan fingerprint density at radius 2 is 1.87 bits per heavy atom. The number of amides is 1. The second kappa shape index (κ2) is 7.89. The quantitative estimate of drug-likeness (QED) is 0.488. The zero-order valence-corrected chi connectivity index (χ0v) is 18.0. The van der Waals surface area contributed by atoms with Gasteiger partial charge in [-0.3, -0.25) is 0 Å². The zero-order valence-electron chi connectivity index (χ0n) is 15.8. The first-order valence-electron chi connectivity index (χ1n) is 8.55. The highest BCUT2D eigenvalue weighted by Crippen LogP contribution is 2.41. The fourth-order valence-corrected chi connectivity index (χ4v) is 3.89. The van der Waals surface area contributed by atoms with Crippen molar-refractivity contribution in [3.63, 3.8) is 0 Å². The van der Waals surface area contributed by atoms with Crippen molar-refractivity contribution in [2.75, 3.05) is 11.0 Å². The van der Waals surface area contributed by atoms with Gasteiger partial charge in [0.25, 0.3) is 0 Å². The number of carbonyl (C=O) groups excluding carboxylic acids is 1. The minimum Gasteiger partial charge on any atom is -0.444 e. The predicted octanol–water partition coefficient (Wildman–Crippen LogP) is 4.94. The van der Waals surface area contributed by atoms with Gasteiger partial charge in [0.1, 0.15) is 5.60 Å². The summed E-state index contributed by atoms with van der Waals surface area (Å²) in [6, 6.07) is 0. The lowest BCUT2D eigenvalue weighted by molar-refractivity contribution is -0.104. The third-order valence-electron chi connectivity index (χ3n) is 4.09. The molecular weight excluding hydrogens is 405 g/mol. The standard InChI is InChI=1S/C18H34INO3/c1-13-8-14(10-17(5,6)9-13)22-18(7,11-19)12-20-15(21)23-16(2,3)4/h13-14H,8-12H2,1-7H3,(H,20,21). The minimum absolute atomic E-state index is 0.258. The van der Waals surface area contributed by atoms with Gasteiger partial charge in [-0.05, 0) is 58.3 Å². The van der Waals surface area contributed by atoms with E-state index in [1.54, 1.807) is 0 Å². The van der Waals surface area contributed by atoms with Crippen LogP contribution in [0.5, 0.6) is 0 Å². The highest BCUT2D eigenvalue weighted by molar-refractivity contribution is 14.1. The van der Waals surface area contributed by atoms with Crippen LogP contribution in [0.15, 0.2) is 0 Å². The largest absolute Gasteiger partial charge is 0.444 e. The van der Waals surface area contributed by atoms with Crippen molar-refractivity contribution in [3.8, 4) is 0 Å². The molecule has 0 saturated heterocycles. The first-order chi connectivity index (χ1) is 10.3. The van der Waals surface area contributed by atoms with E-state index >= 15 is 0 Å². The SMILES string of the molecule is CC1CC(OC(C)(CI)CNC(=O)OC(C)(C)C)CC(C)(C)C1. The van der Waals surface area contributed by atoms with E-state index in [2.05, 4.69) is 55.6 Å². The van der Waals surface area contributed by atoms with Gasteiger partial charge in [-0.1, -0.05) is 43.4 Å². The Kier molecular flexibility index (Phi) is 7.21. The number of halogens is 1. The van der Waals surface area contributed by atoms with Gasteiger partial charge in [-0.2, -0.15) is 0 Å². The van der Waals surface area contributed by atoms with Crippen LogP contribution < -0.4 is 5.32 Å². The molecule has 0 heterocycles. The van der Waals surface area contributed by atoms with Crippen molar-refractivity contribution in [1.82, 2.24) is 5.32 Å². The van der Waals surface area contributed by atoms with Crippen LogP contribution in [0.2, 0.25) is 0 Å². The van der Waals surface area contributed by atoms with Crippen LogP contribution in [0.4, 0.5) is 4.79 Å². The van der Waals surface area contributed by atoms with Gasteiger partial charge in [0, 0.05) is 4.43 Å². The Hall–Kier alpha value is -0.0400. The molecule has 1 amide bonds. The molecular formula is C18H34INO3. The summed E-state index contributed by atoms with van der Waals surface area (Å²) in [5.41, 5.74) is -0.517. The molecule has 1 aliphatic rings. The van der Waals surface area contributed by atoms with E-state index in [0.717, 1.165) is 17.3 Å². The molecule has 0 spiro atoms. The summed E-state index contributed by atoms with van der Waals surface area (Å²) in [5, 5.41) is 2.86. The number of hydrogen-bond donors (Lipinski definition) is 1. The molecule has 3 atom stereocenters. The Bertz CT molecular complexity index is 406. The molecule has 1 N–H and O–H groups in total. The lowest BCUT2D eigenvalue weighted by Crippen LogP contribution is -2.49. The normalized spacial score (nSPS) is 27.1. The highest BCUT2D eigenvalue weighted by atomic mass is 127. The lowest BCUT2D eigenvalue weighted by atomic mass is 9.71. The average Bonchev–Trinajstić information content (AvgIpc) is 2.32. The number of hydrogen-bond acceptors (Lipinski definition) is 3. The van der Waals surface area contributed by atoms with Gasteiger partial charge in [-0.25, -0.2) is 4.79 Å². The smallest absolute Gasteiger partial charge is 0.407 e. The third-order valence-corrected chi connectivity index (χ3v) is 5.70. The van der Waals surface area contributed by atoms with Gasteiger partial charge in [0.15, 0.2) is 0 Å². The van der Waals surface area contributed by atoms with Crippen molar-refractivity contribution in [2.24, 2.45) is 11.3 Å². The van der Waals surface area contributed by atoms with Crippen LogP contribution in [-0.4, -0.2) is 34.4 Å². The third kappa shape index (κ3) is 8.05. The van der Waals surface area contributed by atoms with E-state index in [-0.39, 0.29) is 17.8 Å². The molecule has 0 aromatic rings. The predicted molar refractivity (Wildman–Crippen MR) is 103 cm³/mol. The summed E-state index contributed by atoms with van der Waals surface area (Å²) in [5.74, 6) is 0.682. The zero-order chi connectivity index (χ0) is 17.9. The first kappa shape index (κ1) is 21.0. The van der Waals surface area contributed by atoms with Crippen molar-refractivity contribution < 1.29 is 14.3 Å². The van der Waals surface area contributed by atoms with Crippen LogP contribution in [0.1, 0.15) is 67.7 Å². The number of alkyl halides is 1. The van der Waals surface area contributed by atoms with Crippen LogP contribution in [0, 0.1) is 11.3 Å². The molecule has 3 unspecified atom stereocenters. The Morgan fingerprint density at radius 1 is 1.26 bits per heavy atom. The lowest BCUT2D eigenvalue weighted by Gasteiger charge is -2.42. The van der Waals surface area contributed by atoms with Crippen molar-refractivity contribution in [1.29, 1.82) is 0 Å². The number of ether oxygens (including phenoxy) is 2. The van der Waals surface area contributed by atoms with Crippen LogP contribution in [0.3, 0.4) is 0 Å². The van der Waals surface area contributed by atoms with E-state index in [9.17, 15) is 4.79 Å². The molecule has 0 aromatic heterocycles. The maximum absolute atomic E-state index is 11.9. The monoisotopic (exact) mass is 439 g/mol. The first-order valence-corrected chi connectivity index (χ1v) is 10.1. The summed E-state index contributed by atoms with van der Waals surface area (Å²) in [7, 11) is 0.